The number of ether oxygens (including phenoxy) is 2. The van der Waals surface area contributed by atoms with Gasteiger partial charge in [0.1, 0.15) is 0 Å². The molecule has 2 aliphatic rings. The van der Waals surface area contributed by atoms with Crippen molar-refractivity contribution in [2.45, 2.75) is 45.6 Å². The third-order valence-electron chi connectivity index (χ3n) is 6.19. The number of carboxylic acids is 1. The molecule has 0 aromatic heterocycles. The van der Waals surface area contributed by atoms with Crippen molar-refractivity contribution in [2.24, 2.45) is 10.9 Å². The van der Waals surface area contributed by atoms with Crippen molar-refractivity contribution in [3.05, 3.63) is 57.4 Å². The number of amidine groups is 1. The van der Waals surface area contributed by atoms with Crippen LogP contribution < -0.4 is 9.47 Å². The SMILES string of the molecule is CCOc1cc(/C=C2\SC(=Nc3ccccc3)N([C@H]3CCCC[C@@H]3C)C2=O)cc(Br)c1OCC(=O)O. The first-order chi connectivity index (χ1) is 17.4. The van der Waals surface area contributed by atoms with Gasteiger partial charge in [0, 0.05) is 6.04 Å². The summed E-state index contributed by atoms with van der Waals surface area (Å²) in [6.07, 6.45) is 6.17. The van der Waals surface area contributed by atoms with Crippen molar-refractivity contribution in [2.75, 3.05) is 13.2 Å². The molecule has 0 bridgehead atoms. The van der Waals surface area contributed by atoms with E-state index in [4.69, 9.17) is 19.6 Å². The van der Waals surface area contributed by atoms with E-state index in [-0.39, 0.29) is 11.9 Å². The number of aliphatic imine (C=N–C) groups is 1. The third kappa shape index (κ3) is 6.13. The number of carbonyl (C=O) groups excluding carboxylic acids is 1. The quantitative estimate of drug-likeness (QED) is 0.363. The van der Waals surface area contributed by atoms with E-state index < -0.39 is 12.6 Å². The van der Waals surface area contributed by atoms with E-state index in [1.165, 1.54) is 18.2 Å². The predicted octanol–water partition coefficient (Wildman–Crippen LogP) is 6.49. The standard InChI is InChI=1S/C27H29BrN2O5S/c1-3-34-22-14-18(13-20(28)25(22)35-16-24(31)32)15-23-26(33)30(21-12-8-7-9-17(21)2)27(36-23)29-19-10-5-4-6-11-19/h4-6,10-11,13-15,17,21H,3,7-9,12,16H2,1-2H3,(H,31,32)/b23-15-,29-27?/t17-,21-/m0/s1. The fourth-order valence-electron chi connectivity index (χ4n) is 4.51. The Bertz CT molecular complexity index is 1180. The van der Waals surface area contributed by atoms with Crippen LogP contribution in [0.15, 0.2) is 56.8 Å². The van der Waals surface area contributed by atoms with E-state index in [2.05, 4.69) is 22.9 Å². The van der Waals surface area contributed by atoms with Gasteiger partial charge >= 0.3 is 5.97 Å². The maximum atomic E-state index is 13.7. The second-order valence-electron chi connectivity index (χ2n) is 8.79. The van der Waals surface area contributed by atoms with Crippen molar-refractivity contribution in [1.82, 2.24) is 4.90 Å². The van der Waals surface area contributed by atoms with E-state index in [0.29, 0.717) is 38.6 Å². The van der Waals surface area contributed by atoms with Crippen LogP contribution in [0.5, 0.6) is 11.5 Å². The average molecular weight is 574 g/mol. The molecule has 2 fully saturated rings. The lowest BCUT2D eigenvalue weighted by Gasteiger charge is -2.35. The fourth-order valence-corrected chi connectivity index (χ4v) is 6.13. The first-order valence-corrected chi connectivity index (χ1v) is 13.7. The molecular formula is C27H29BrN2O5S. The van der Waals surface area contributed by atoms with E-state index in [1.54, 1.807) is 12.1 Å². The topological polar surface area (TPSA) is 88.4 Å². The molecule has 0 spiro atoms. The van der Waals surface area contributed by atoms with Gasteiger partial charge in [0.25, 0.3) is 5.91 Å². The second kappa shape index (κ2) is 12.0. The Kier molecular flexibility index (Phi) is 8.74. The molecule has 1 heterocycles. The molecule has 0 radical (unpaired) electrons. The van der Waals surface area contributed by atoms with Crippen molar-refractivity contribution < 1.29 is 24.2 Å². The maximum Gasteiger partial charge on any atom is 0.341 e. The molecule has 1 aliphatic heterocycles. The monoisotopic (exact) mass is 572 g/mol. The highest BCUT2D eigenvalue weighted by Crippen LogP contribution is 2.42. The minimum absolute atomic E-state index is 0.0475. The number of aliphatic carboxylic acids is 1. The predicted molar refractivity (Wildman–Crippen MR) is 146 cm³/mol. The van der Waals surface area contributed by atoms with Crippen molar-refractivity contribution in [3.63, 3.8) is 0 Å². The molecule has 2 atom stereocenters. The van der Waals surface area contributed by atoms with Gasteiger partial charge in [-0.3, -0.25) is 9.69 Å². The summed E-state index contributed by atoms with van der Waals surface area (Å²) in [7, 11) is 0. The summed E-state index contributed by atoms with van der Waals surface area (Å²) in [6.45, 7) is 3.95. The van der Waals surface area contributed by atoms with Gasteiger partial charge in [0.15, 0.2) is 23.3 Å². The summed E-state index contributed by atoms with van der Waals surface area (Å²) in [6, 6.07) is 13.3. The zero-order valence-electron chi connectivity index (χ0n) is 20.3. The molecule has 1 saturated carbocycles. The summed E-state index contributed by atoms with van der Waals surface area (Å²) in [4.78, 5) is 32.0. The number of thioether (sulfide) groups is 1. The van der Waals surface area contributed by atoms with Gasteiger partial charge in [-0.15, -0.1) is 0 Å². The van der Waals surface area contributed by atoms with Gasteiger partial charge < -0.3 is 14.6 Å². The van der Waals surface area contributed by atoms with Gasteiger partial charge in [0.05, 0.1) is 21.7 Å². The molecule has 1 saturated heterocycles. The number of carboxylic acid groups (broad SMARTS) is 1. The fraction of sp³-hybridized carbons (Fsp3) is 0.370. The number of hydrogen-bond donors (Lipinski definition) is 1. The van der Waals surface area contributed by atoms with E-state index in [0.717, 1.165) is 30.5 Å². The number of hydrogen-bond acceptors (Lipinski definition) is 6. The number of carbonyl (C=O) groups is 2. The Labute approximate surface area is 223 Å². The molecule has 1 amide bonds. The van der Waals surface area contributed by atoms with Crippen LogP contribution in [0.1, 0.15) is 45.1 Å². The number of halogens is 1. The highest BCUT2D eigenvalue weighted by Gasteiger charge is 2.41. The first kappa shape index (κ1) is 26.3. The van der Waals surface area contributed by atoms with E-state index in [9.17, 15) is 9.59 Å². The highest BCUT2D eigenvalue weighted by atomic mass is 79.9. The van der Waals surface area contributed by atoms with Crippen LogP contribution in [-0.2, 0) is 9.59 Å². The van der Waals surface area contributed by atoms with Gasteiger partial charge in [0.2, 0.25) is 0 Å². The minimum Gasteiger partial charge on any atom is -0.490 e. The Morgan fingerprint density at radius 2 is 1.97 bits per heavy atom. The maximum absolute atomic E-state index is 13.7. The highest BCUT2D eigenvalue weighted by molar-refractivity contribution is 9.10. The molecule has 2 aromatic rings. The second-order valence-corrected chi connectivity index (χ2v) is 10.7. The molecule has 1 aliphatic carbocycles. The van der Waals surface area contributed by atoms with E-state index in [1.807, 2.05) is 48.2 Å². The van der Waals surface area contributed by atoms with Crippen LogP contribution in [0.2, 0.25) is 0 Å². The Balaban J connectivity index is 1.70. The first-order valence-electron chi connectivity index (χ1n) is 12.0. The molecular weight excluding hydrogens is 544 g/mol. The Morgan fingerprint density at radius 3 is 2.67 bits per heavy atom. The third-order valence-corrected chi connectivity index (χ3v) is 7.76. The molecule has 190 valence electrons. The minimum atomic E-state index is -1.08. The van der Waals surface area contributed by atoms with Gasteiger partial charge in [-0.2, -0.15) is 0 Å². The summed E-state index contributed by atoms with van der Waals surface area (Å²) in [5.41, 5.74) is 1.55. The van der Waals surface area contributed by atoms with Crippen molar-refractivity contribution in [1.29, 1.82) is 0 Å². The zero-order valence-corrected chi connectivity index (χ0v) is 22.7. The number of rotatable bonds is 8. The smallest absolute Gasteiger partial charge is 0.341 e. The van der Waals surface area contributed by atoms with Gasteiger partial charge in [-0.05, 0) is 89.3 Å². The Morgan fingerprint density at radius 1 is 1.22 bits per heavy atom. The Hall–Kier alpha value is -2.78. The van der Waals surface area contributed by atoms with Crippen LogP contribution in [0, 0.1) is 5.92 Å². The molecule has 9 heteroatoms. The normalized spacial score (nSPS) is 22.3. The molecule has 4 rings (SSSR count). The molecule has 7 nitrogen and oxygen atoms in total. The molecule has 1 N–H and O–H groups in total. The van der Waals surface area contributed by atoms with Gasteiger partial charge in [-0.1, -0.05) is 38.0 Å². The lowest BCUT2D eigenvalue weighted by atomic mass is 9.85. The van der Waals surface area contributed by atoms with Crippen LogP contribution in [0.3, 0.4) is 0 Å². The summed E-state index contributed by atoms with van der Waals surface area (Å²) >= 11 is 4.85. The number of amides is 1. The average Bonchev–Trinajstić information content (AvgIpc) is 3.13. The van der Waals surface area contributed by atoms with Gasteiger partial charge in [-0.25, -0.2) is 9.79 Å². The largest absolute Gasteiger partial charge is 0.490 e. The van der Waals surface area contributed by atoms with Crippen molar-refractivity contribution in [3.8, 4) is 11.5 Å². The number of para-hydroxylation sites is 1. The zero-order chi connectivity index (χ0) is 25.7. The number of benzene rings is 2. The number of nitrogens with zero attached hydrogens (tertiary/aromatic N) is 2. The molecule has 2 aromatic carbocycles. The van der Waals surface area contributed by atoms with Crippen LogP contribution in [-0.4, -0.2) is 46.3 Å². The van der Waals surface area contributed by atoms with Crippen LogP contribution in [0.4, 0.5) is 5.69 Å². The van der Waals surface area contributed by atoms with Crippen LogP contribution in [0.25, 0.3) is 6.08 Å². The summed E-state index contributed by atoms with van der Waals surface area (Å²) < 4.78 is 11.7. The van der Waals surface area contributed by atoms with Crippen molar-refractivity contribution >= 4 is 56.5 Å². The molecule has 0 unspecified atom stereocenters. The van der Waals surface area contributed by atoms with Crippen LogP contribution >= 0.6 is 27.7 Å². The molecule has 36 heavy (non-hydrogen) atoms. The summed E-state index contributed by atoms with van der Waals surface area (Å²) in [5.74, 6) is -0.00499. The summed E-state index contributed by atoms with van der Waals surface area (Å²) in [5, 5.41) is 9.69. The van der Waals surface area contributed by atoms with E-state index >= 15 is 0 Å². The lowest BCUT2D eigenvalue weighted by Crippen LogP contribution is -2.44. The lowest BCUT2D eigenvalue weighted by molar-refractivity contribution is -0.139.